The van der Waals surface area contributed by atoms with Crippen LogP contribution < -0.4 is 0 Å². The van der Waals surface area contributed by atoms with Crippen LogP contribution in [0.4, 0.5) is 0 Å². The first-order valence-corrected chi connectivity index (χ1v) is 5.16. The van der Waals surface area contributed by atoms with Gasteiger partial charge >= 0.3 is 19.6 Å². The van der Waals surface area contributed by atoms with E-state index in [9.17, 15) is 9.59 Å². The topological polar surface area (TPSA) is 71.1 Å². The zero-order valence-corrected chi connectivity index (χ0v) is 9.60. The van der Waals surface area contributed by atoms with Crippen molar-refractivity contribution in [1.29, 1.82) is 0 Å². The van der Waals surface area contributed by atoms with Crippen molar-refractivity contribution in [3.8, 4) is 0 Å². The summed E-state index contributed by atoms with van der Waals surface area (Å²) in [6, 6.07) is 0. The number of hydrogen-bond donors (Lipinski definition) is 0. The Morgan fingerprint density at radius 3 is 2.31 bits per heavy atom. The highest BCUT2D eigenvalue weighted by atomic mass is 16.7. The van der Waals surface area contributed by atoms with Crippen molar-refractivity contribution < 1.29 is 28.4 Å². The molecule has 1 rings (SSSR count). The molecule has 7 heteroatoms. The molecule has 0 aromatic rings. The molecule has 0 bridgehead atoms. The van der Waals surface area contributed by atoms with E-state index in [1.807, 2.05) is 0 Å². The molecule has 1 aliphatic rings. The first-order chi connectivity index (χ1) is 7.56. The van der Waals surface area contributed by atoms with Crippen LogP contribution in [0.15, 0.2) is 0 Å². The molecule has 2 unspecified atom stereocenters. The highest BCUT2D eigenvalue weighted by Crippen LogP contribution is 2.15. The fourth-order valence-corrected chi connectivity index (χ4v) is 1.27. The van der Waals surface area contributed by atoms with E-state index in [2.05, 4.69) is 0 Å². The van der Waals surface area contributed by atoms with Gasteiger partial charge in [-0.1, -0.05) is 0 Å². The van der Waals surface area contributed by atoms with Crippen LogP contribution in [0.1, 0.15) is 20.8 Å². The predicted molar refractivity (Wildman–Crippen MR) is 54.8 cm³/mol. The zero-order chi connectivity index (χ0) is 12.1. The van der Waals surface area contributed by atoms with Crippen molar-refractivity contribution in [3.05, 3.63) is 0 Å². The molecule has 0 spiro atoms. The first-order valence-electron chi connectivity index (χ1n) is 5.16. The van der Waals surface area contributed by atoms with Gasteiger partial charge in [-0.05, 0) is 20.8 Å². The summed E-state index contributed by atoms with van der Waals surface area (Å²) in [4.78, 5) is 23.0. The highest BCUT2D eigenvalue weighted by Gasteiger charge is 2.42. The molecule has 6 nitrogen and oxygen atoms in total. The number of ether oxygens (including phenoxy) is 2. The van der Waals surface area contributed by atoms with Gasteiger partial charge in [0.2, 0.25) is 0 Å². The lowest BCUT2D eigenvalue weighted by Gasteiger charge is -2.17. The van der Waals surface area contributed by atoms with E-state index in [-0.39, 0.29) is 20.4 Å². The maximum absolute atomic E-state index is 11.5. The molecule has 0 aromatic heterocycles. The lowest BCUT2D eigenvalue weighted by atomic mass is 10.2. The molecule has 0 aromatic carbocycles. The quantitative estimate of drug-likeness (QED) is 0.481. The molecule has 1 fully saturated rings. The monoisotopic (exact) mass is 230 g/mol. The van der Waals surface area contributed by atoms with Gasteiger partial charge in [0, 0.05) is 0 Å². The average molecular weight is 230 g/mol. The fraction of sp³-hybridized carbons (Fsp3) is 0.778. The van der Waals surface area contributed by atoms with Crippen molar-refractivity contribution in [2.24, 2.45) is 0 Å². The Balaban J connectivity index is 2.58. The molecule has 16 heavy (non-hydrogen) atoms. The zero-order valence-electron chi connectivity index (χ0n) is 9.60. The third-order valence-electron chi connectivity index (χ3n) is 1.87. The maximum Gasteiger partial charge on any atom is 0.439 e. The van der Waals surface area contributed by atoms with Crippen LogP contribution in [0.2, 0.25) is 0 Å². The molecule has 0 saturated carbocycles. The van der Waals surface area contributed by atoms with Gasteiger partial charge < -0.3 is 18.8 Å². The number of carbonyl (C=O) groups excluding carboxylic acids is 2. The molecule has 0 radical (unpaired) electrons. The van der Waals surface area contributed by atoms with E-state index in [0.717, 1.165) is 0 Å². The van der Waals surface area contributed by atoms with Crippen LogP contribution in [0.25, 0.3) is 0 Å². The average Bonchev–Trinajstić information content (AvgIpc) is 2.65. The Bertz CT molecular complexity index is 267. The van der Waals surface area contributed by atoms with Crippen LogP contribution in [-0.2, 0) is 28.4 Å². The van der Waals surface area contributed by atoms with Gasteiger partial charge in [0.25, 0.3) is 0 Å². The fourth-order valence-electron chi connectivity index (χ4n) is 1.27. The lowest BCUT2D eigenvalue weighted by Crippen LogP contribution is -2.40. The van der Waals surface area contributed by atoms with Crippen molar-refractivity contribution in [3.63, 3.8) is 0 Å². The molecule has 1 saturated heterocycles. The van der Waals surface area contributed by atoms with Gasteiger partial charge in [0.05, 0.1) is 12.7 Å². The van der Waals surface area contributed by atoms with Crippen molar-refractivity contribution in [2.75, 3.05) is 6.61 Å². The van der Waals surface area contributed by atoms with Crippen molar-refractivity contribution in [2.45, 2.75) is 39.1 Å². The summed E-state index contributed by atoms with van der Waals surface area (Å²) < 4.78 is 19.7. The Kier molecular flexibility index (Phi) is 4.76. The Morgan fingerprint density at radius 2 is 1.81 bits per heavy atom. The third kappa shape index (κ3) is 3.21. The molecular formula is C9H15BO6. The van der Waals surface area contributed by atoms with E-state index in [1.54, 1.807) is 20.8 Å². The normalized spacial score (nSPS) is 24.0. The van der Waals surface area contributed by atoms with Crippen LogP contribution in [-0.4, -0.2) is 44.5 Å². The molecule has 1 heterocycles. The van der Waals surface area contributed by atoms with E-state index < -0.39 is 24.1 Å². The Labute approximate surface area is 94.5 Å². The third-order valence-corrected chi connectivity index (χ3v) is 1.87. The standard InChI is InChI=1S/C9H15BO6/c1-4-13-8(11)6-7(16-10-15-6)9(12)14-5(2)3/h5-7,10H,4H2,1-3H3. The van der Waals surface area contributed by atoms with E-state index >= 15 is 0 Å². The van der Waals surface area contributed by atoms with Crippen LogP contribution in [0.3, 0.4) is 0 Å². The molecule has 2 atom stereocenters. The maximum atomic E-state index is 11.5. The van der Waals surface area contributed by atoms with Crippen LogP contribution in [0, 0.1) is 0 Å². The second-order valence-corrected chi connectivity index (χ2v) is 3.53. The van der Waals surface area contributed by atoms with Gasteiger partial charge in [-0.3, -0.25) is 0 Å². The summed E-state index contributed by atoms with van der Waals surface area (Å²) in [5, 5.41) is 0. The summed E-state index contributed by atoms with van der Waals surface area (Å²) in [7, 11) is -0.110. The second-order valence-electron chi connectivity index (χ2n) is 3.53. The summed E-state index contributed by atoms with van der Waals surface area (Å²) in [5.41, 5.74) is 0. The van der Waals surface area contributed by atoms with Crippen molar-refractivity contribution >= 4 is 19.6 Å². The minimum atomic E-state index is -1.03. The molecule has 0 amide bonds. The van der Waals surface area contributed by atoms with E-state index in [0.29, 0.717) is 0 Å². The van der Waals surface area contributed by atoms with E-state index in [4.69, 9.17) is 18.8 Å². The number of carbonyl (C=O) groups is 2. The number of esters is 2. The number of hydrogen-bond acceptors (Lipinski definition) is 6. The number of rotatable bonds is 4. The second kappa shape index (κ2) is 5.86. The molecule has 1 aliphatic heterocycles. The first kappa shape index (κ1) is 13.0. The summed E-state index contributed by atoms with van der Waals surface area (Å²) in [6.07, 6.45) is -2.31. The summed E-state index contributed by atoms with van der Waals surface area (Å²) in [5.74, 6) is -1.21. The largest absolute Gasteiger partial charge is 0.464 e. The smallest absolute Gasteiger partial charge is 0.439 e. The predicted octanol–water partition coefficient (Wildman–Crippen LogP) is -0.448. The minimum Gasteiger partial charge on any atom is -0.464 e. The minimum absolute atomic E-state index is 0.110. The summed E-state index contributed by atoms with van der Waals surface area (Å²) in [6.45, 7) is 5.33. The molecule has 0 aliphatic carbocycles. The SMILES string of the molecule is CCOC(=O)C1OBOC1C(=O)OC(C)C. The van der Waals surface area contributed by atoms with Gasteiger partial charge in [0.1, 0.15) is 0 Å². The lowest BCUT2D eigenvalue weighted by molar-refractivity contribution is -0.165. The van der Waals surface area contributed by atoms with Gasteiger partial charge in [-0.15, -0.1) is 0 Å². The van der Waals surface area contributed by atoms with Gasteiger partial charge in [0.15, 0.2) is 12.2 Å². The Morgan fingerprint density at radius 1 is 1.25 bits per heavy atom. The summed E-state index contributed by atoms with van der Waals surface area (Å²) >= 11 is 0. The molecule has 0 N–H and O–H groups in total. The van der Waals surface area contributed by atoms with Gasteiger partial charge in [-0.25, -0.2) is 9.59 Å². The molecule has 90 valence electrons. The van der Waals surface area contributed by atoms with Crippen molar-refractivity contribution in [1.82, 2.24) is 0 Å². The van der Waals surface area contributed by atoms with Gasteiger partial charge in [-0.2, -0.15) is 0 Å². The Hall–Kier alpha value is -1.08. The van der Waals surface area contributed by atoms with E-state index in [1.165, 1.54) is 0 Å². The van der Waals surface area contributed by atoms with Crippen LogP contribution >= 0.6 is 0 Å². The van der Waals surface area contributed by atoms with Crippen LogP contribution in [0.5, 0.6) is 0 Å². The molecular weight excluding hydrogens is 215 g/mol. The highest BCUT2D eigenvalue weighted by molar-refractivity contribution is 6.21.